The molecule has 94 valence electrons. The molecule has 5 heteroatoms. The topological polar surface area (TPSA) is 73.1 Å². The molecule has 1 aromatic heterocycles. The Morgan fingerprint density at radius 3 is 3.11 bits per heavy atom. The number of rotatable bonds is 2. The average Bonchev–Trinajstić information content (AvgIpc) is 2.40. The van der Waals surface area contributed by atoms with Crippen LogP contribution in [0.25, 0.3) is 10.9 Å². The third kappa shape index (κ3) is 2.22. The first-order valence-electron chi connectivity index (χ1n) is 6.17. The maximum absolute atomic E-state index is 5.76. The molecule has 1 atom stereocenters. The van der Waals surface area contributed by atoms with E-state index < -0.39 is 0 Å². The summed E-state index contributed by atoms with van der Waals surface area (Å²) in [6.07, 6.45) is 3.77. The number of hydrogen-bond donors (Lipinski definition) is 2. The molecule has 2 aromatic rings. The molecule has 0 aliphatic carbocycles. The molecule has 18 heavy (non-hydrogen) atoms. The molecule has 0 amide bonds. The Bertz CT molecular complexity index is 552. The molecule has 1 unspecified atom stereocenters. The summed E-state index contributed by atoms with van der Waals surface area (Å²) in [4.78, 5) is 8.55. The molecule has 1 saturated heterocycles. The van der Waals surface area contributed by atoms with Gasteiger partial charge in [-0.3, -0.25) is 0 Å². The first-order valence-corrected chi connectivity index (χ1v) is 6.17. The van der Waals surface area contributed by atoms with Crippen LogP contribution >= 0.6 is 0 Å². The van der Waals surface area contributed by atoms with Gasteiger partial charge in [0.1, 0.15) is 12.1 Å². The van der Waals surface area contributed by atoms with Crippen LogP contribution in [-0.2, 0) is 4.74 Å². The van der Waals surface area contributed by atoms with E-state index in [1.165, 1.54) is 0 Å². The maximum atomic E-state index is 5.76. The number of aromatic nitrogens is 2. The second-order valence-electron chi connectivity index (χ2n) is 4.56. The average molecular weight is 244 g/mol. The fourth-order valence-electron chi connectivity index (χ4n) is 2.24. The van der Waals surface area contributed by atoms with Crippen LogP contribution in [0.2, 0.25) is 0 Å². The van der Waals surface area contributed by atoms with Crippen LogP contribution in [0.3, 0.4) is 0 Å². The van der Waals surface area contributed by atoms with Crippen LogP contribution in [0.4, 0.5) is 11.5 Å². The summed E-state index contributed by atoms with van der Waals surface area (Å²) in [6.45, 7) is 1.60. The molecule has 5 nitrogen and oxygen atoms in total. The minimum atomic E-state index is 0.328. The molecule has 1 aliphatic rings. The molecule has 2 heterocycles. The molecule has 0 radical (unpaired) electrons. The molecule has 0 bridgehead atoms. The van der Waals surface area contributed by atoms with E-state index in [0.29, 0.717) is 11.7 Å². The predicted molar refractivity (Wildman–Crippen MR) is 71.4 cm³/mol. The van der Waals surface area contributed by atoms with Crippen LogP contribution in [0.5, 0.6) is 0 Å². The SMILES string of the molecule is Nc1ccc2c(NC3CCCOC3)ncnc2c1. The van der Waals surface area contributed by atoms with E-state index in [1.54, 1.807) is 6.33 Å². The van der Waals surface area contributed by atoms with Gasteiger partial charge >= 0.3 is 0 Å². The second-order valence-corrected chi connectivity index (χ2v) is 4.56. The Morgan fingerprint density at radius 1 is 1.33 bits per heavy atom. The van der Waals surface area contributed by atoms with Crippen molar-refractivity contribution in [1.82, 2.24) is 9.97 Å². The zero-order chi connectivity index (χ0) is 12.4. The van der Waals surface area contributed by atoms with Crippen molar-refractivity contribution in [2.75, 3.05) is 24.3 Å². The van der Waals surface area contributed by atoms with Crippen LogP contribution in [-0.4, -0.2) is 29.2 Å². The predicted octanol–water partition coefficient (Wildman–Crippen LogP) is 1.80. The highest BCUT2D eigenvalue weighted by Crippen LogP contribution is 2.23. The summed E-state index contributed by atoms with van der Waals surface area (Å²) in [5.74, 6) is 0.857. The lowest BCUT2D eigenvalue weighted by Gasteiger charge is -2.24. The number of nitrogens with two attached hydrogens (primary N) is 1. The second kappa shape index (κ2) is 4.78. The van der Waals surface area contributed by atoms with E-state index in [4.69, 9.17) is 10.5 Å². The molecule has 3 rings (SSSR count). The van der Waals surface area contributed by atoms with E-state index >= 15 is 0 Å². The van der Waals surface area contributed by atoms with Crippen molar-refractivity contribution in [2.45, 2.75) is 18.9 Å². The van der Waals surface area contributed by atoms with Crippen LogP contribution in [0.1, 0.15) is 12.8 Å². The zero-order valence-electron chi connectivity index (χ0n) is 10.1. The fraction of sp³-hybridized carbons (Fsp3) is 0.385. The van der Waals surface area contributed by atoms with Gasteiger partial charge in [0, 0.05) is 17.7 Å². The fourth-order valence-corrected chi connectivity index (χ4v) is 2.24. The number of nitrogens with one attached hydrogen (secondary N) is 1. The summed E-state index contributed by atoms with van der Waals surface area (Å²) in [6, 6.07) is 6.01. The van der Waals surface area contributed by atoms with Crippen molar-refractivity contribution in [1.29, 1.82) is 0 Å². The van der Waals surface area contributed by atoms with Gasteiger partial charge in [-0.25, -0.2) is 9.97 Å². The van der Waals surface area contributed by atoms with E-state index in [9.17, 15) is 0 Å². The van der Waals surface area contributed by atoms with Gasteiger partial charge in [-0.05, 0) is 31.0 Å². The molecule has 1 fully saturated rings. The van der Waals surface area contributed by atoms with Crippen LogP contribution < -0.4 is 11.1 Å². The normalized spacial score (nSPS) is 19.9. The van der Waals surface area contributed by atoms with Crippen LogP contribution in [0, 0.1) is 0 Å². The lowest BCUT2D eigenvalue weighted by Crippen LogP contribution is -2.30. The van der Waals surface area contributed by atoms with Gasteiger partial charge < -0.3 is 15.8 Å². The summed E-state index contributed by atoms with van der Waals surface area (Å²) in [7, 11) is 0. The largest absolute Gasteiger partial charge is 0.399 e. The molecular weight excluding hydrogens is 228 g/mol. The number of nitrogens with zero attached hydrogens (tertiary/aromatic N) is 2. The number of nitrogen functional groups attached to an aromatic ring is 1. The quantitative estimate of drug-likeness (QED) is 0.788. The monoisotopic (exact) mass is 244 g/mol. The van der Waals surface area contributed by atoms with Gasteiger partial charge in [0.15, 0.2) is 0 Å². The number of ether oxygens (including phenoxy) is 1. The van der Waals surface area contributed by atoms with E-state index in [-0.39, 0.29) is 0 Å². The Morgan fingerprint density at radius 2 is 2.28 bits per heavy atom. The van der Waals surface area contributed by atoms with Gasteiger partial charge in [-0.15, -0.1) is 0 Å². The van der Waals surface area contributed by atoms with E-state index in [2.05, 4.69) is 15.3 Å². The Labute approximate surface area is 105 Å². The molecule has 1 aliphatic heterocycles. The van der Waals surface area contributed by atoms with Gasteiger partial charge in [0.05, 0.1) is 18.2 Å². The third-order valence-electron chi connectivity index (χ3n) is 3.16. The first kappa shape index (κ1) is 11.2. The third-order valence-corrected chi connectivity index (χ3v) is 3.16. The Kier molecular flexibility index (Phi) is 2.98. The van der Waals surface area contributed by atoms with Gasteiger partial charge in [0.2, 0.25) is 0 Å². The Hall–Kier alpha value is -1.88. The van der Waals surface area contributed by atoms with Gasteiger partial charge in [-0.1, -0.05) is 0 Å². The van der Waals surface area contributed by atoms with Crippen molar-refractivity contribution >= 4 is 22.4 Å². The van der Waals surface area contributed by atoms with Crippen molar-refractivity contribution in [2.24, 2.45) is 0 Å². The maximum Gasteiger partial charge on any atom is 0.137 e. The lowest BCUT2D eigenvalue weighted by atomic mass is 10.1. The Balaban J connectivity index is 1.91. The first-order chi connectivity index (χ1) is 8.83. The summed E-state index contributed by atoms with van der Waals surface area (Å²) >= 11 is 0. The molecule has 0 saturated carbocycles. The van der Waals surface area contributed by atoms with Gasteiger partial charge in [0.25, 0.3) is 0 Å². The zero-order valence-corrected chi connectivity index (χ0v) is 10.1. The number of hydrogen-bond acceptors (Lipinski definition) is 5. The highest BCUT2D eigenvalue weighted by atomic mass is 16.5. The van der Waals surface area contributed by atoms with Gasteiger partial charge in [-0.2, -0.15) is 0 Å². The van der Waals surface area contributed by atoms with E-state index in [1.807, 2.05) is 18.2 Å². The van der Waals surface area contributed by atoms with Crippen molar-refractivity contribution in [3.05, 3.63) is 24.5 Å². The van der Waals surface area contributed by atoms with Crippen LogP contribution in [0.15, 0.2) is 24.5 Å². The summed E-state index contributed by atoms with van der Waals surface area (Å²) < 4.78 is 5.46. The number of benzene rings is 1. The molecule has 1 aromatic carbocycles. The molecule has 3 N–H and O–H groups in total. The highest BCUT2D eigenvalue weighted by molar-refractivity contribution is 5.90. The molecular formula is C13H16N4O. The minimum Gasteiger partial charge on any atom is -0.399 e. The minimum absolute atomic E-state index is 0.328. The standard InChI is InChI=1S/C13H16N4O/c14-9-3-4-11-12(6-9)15-8-16-13(11)17-10-2-1-5-18-7-10/h3-4,6,8,10H,1-2,5,7,14H2,(H,15,16,17). The summed E-state index contributed by atoms with van der Waals surface area (Å²) in [5, 5.41) is 4.42. The van der Waals surface area contributed by atoms with Crippen molar-refractivity contribution in [3.63, 3.8) is 0 Å². The highest BCUT2D eigenvalue weighted by Gasteiger charge is 2.15. The van der Waals surface area contributed by atoms with Crippen molar-refractivity contribution < 1.29 is 4.74 Å². The molecule has 0 spiro atoms. The lowest BCUT2D eigenvalue weighted by molar-refractivity contribution is 0.0875. The van der Waals surface area contributed by atoms with Crippen molar-refractivity contribution in [3.8, 4) is 0 Å². The summed E-state index contributed by atoms with van der Waals surface area (Å²) in [5.41, 5.74) is 7.34. The number of anilines is 2. The van der Waals surface area contributed by atoms with E-state index in [0.717, 1.165) is 42.8 Å². The number of fused-ring (bicyclic) bond motifs is 1. The smallest absolute Gasteiger partial charge is 0.137 e.